The summed E-state index contributed by atoms with van der Waals surface area (Å²) in [6.07, 6.45) is 2.95. The summed E-state index contributed by atoms with van der Waals surface area (Å²) >= 11 is 0. The number of urea groups is 1. The number of nitrogens with zero attached hydrogens (tertiary/aromatic N) is 3. The molecule has 9 nitrogen and oxygen atoms in total. The van der Waals surface area contributed by atoms with Crippen molar-refractivity contribution in [3.8, 4) is 0 Å². The van der Waals surface area contributed by atoms with Gasteiger partial charge in [-0.15, -0.1) is 0 Å². The molecule has 1 aliphatic carbocycles. The Hall–Kier alpha value is -2.53. The van der Waals surface area contributed by atoms with Gasteiger partial charge in [0.05, 0.1) is 11.4 Å². The number of halogens is 1. The number of carboxylic acid groups (broad SMARTS) is 1. The molecule has 1 saturated carbocycles. The van der Waals surface area contributed by atoms with E-state index < -0.39 is 17.8 Å². The van der Waals surface area contributed by atoms with E-state index in [1.54, 1.807) is 17.0 Å². The topological polar surface area (TPSA) is 115 Å². The quantitative estimate of drug-likeness (QED) is 0.489. The van der Waals surface area contributed by atoms with Crippen LogP contribution in [0, 0.1) is 5.82 Å². The molecule has 1 aliphatic heterocycles. The summed E-state index contributed by atoms with van der Waals surface area (Å²) < 4.78 is 14.5. The summed E-state index contributed by atoms with van der Waals surface area (Å²) in [4.78, 5) is 43.7. The first kappa shape index (κ1) is 26.1. The zero-order chi connectivity index (χ0) is 23.4. The standard InChI is InChI=1S/C23H26FN5O4.Na.H/c24-18-13-15(7-8-19(18)27-23(33)26-16-3-1-4-16)21(30)29-11-9-28(10-12-29)14-17-5-2-6-20(25-17)22(31)32;;/h2,5-8,13,16H,1,3-4,9-12,14H2,(H,31,32)(H2,26,27,33);;/q;+1;-1. The fraction of sp³-hybridized carbons (Fsp3) is 0.391. The van der Waals surface area contributed by atoms with Crippen molar-refractivity contribution in [2.75, 3.05) is 31.5 Å². The average molecular weight is 479 g/mol. The van der Waals surface area contributed by atoms with Crippen LogP contribution in [0.4, 0.5) is 14.9 Å². The van der Waals surface area contributed by atoms with Gasteiger partial charge in [-0.3, -0.25) is 9.69 Å². The van der Waals surface area contributed by atoms with Crippen molar-refractivity contribution in [2.45, 2.75) is 31.8 Å². The van der Waals surface area contributed by atoms with Crippen molar-refractivity contribution in [3.05, 3.63) is 59.2 Å². The zero-order valence-corrected chi connectivity index (χ0v) is 21.1. The predicted molar refractivity (Wildman–Crippen MR) is 120 cm³/mol. The molecule has 2 fully saturated rings. The molecule has 176 valence electrons. The minimum Gasteiger partial charge on any atom is -1.00 e. The maximum atomic E-state index is 14.5. The molecular formula is C23H27FN5NaO4. The smallest absolute Gasteiger partial charge is 1.00 e. The number of carboxylic acids is 1. The predicted octanol–water partition coefficient (Wildman–Crippen LogP) is -0.333. The number of aromatic carboxylic acids is 1. The Morgan fingerprint density at radius 3 is 2.47 bits per heavy atom. The van der Waals surface area contributed by atoms with Crippen LogP contribution < -0.4 is 40.2 Å². The molecule has 0 radical (unpaired) electrons. The van der Waals surface area contributed by atoms with Gasteiger partial charge in [0, 0.05) is 44.3 Å². The second-order valence-corrected chi connectivity index (χ2v) is 8.31. The van der Waals surface area contributed by atoms with E-state index in [9.17, 15) is 18.8 Å². The third kappa shape index (κ3) is 6.53. The molecule has 3 N–H and O–H groups in total. The number of benzene rings is 1. The van der Waals surface area contributed by atoms with Crippen LogP contribution in [-0.2, 0) is 6.54 Å². The van der Waals surface area contributed by atoms with Gasteiger partial charge in [-0.2, -0.15) is 0 Å². The number of carbonyl (C=O) groups excluding carboxylic acids is 2. The number of hydrogen-bond acceptors (Lipinski definition) is 5. The van der Waals surface area contributed by atoms with Gasteiger partial charge >= 0.3 is 41.6 Å². The van der Waals surface area contributed by atoms with Crippen molar-refractivity contribution in [1.29, 1.82) is 0 Å². The molecule has 11 heteroatoms. The van der Waals surface area contributed by atoms with Crippen LogP contribution in [0.2, 0.25) is 0 Å². The number of amides is 3. The third-order valence-electron chi connectivity index (χ3n) is 5.98. The molecule has 0 unspecified atom stereocenters. The number of carbonyl (C=O) groups is 3. The first-order chi connectivity index (χ1) is 15.9. The summed E-state index contributed by atoms with van der Waals surface area (Å²) in [5.74, 6) is -2.00. The van der Waals surface area contributed by atoms with E-state index in [1.807, 2.05) is 0 Å². The van der Waals surface area contributed by atoms with Crippen molar-refractivity contribution in [3.63, 3.8) is 0 Å². The molecule has 1 saturated heterocycles. The van der Waals surface area contributed by atoms with Gasteiger partial charge in [-0.1, -0.05) is 6.07 Å². The summed E-state index contributed by atoms with van der Waals surface area (Å²) in [5.41, 5.74) is 0.911. The van der Waals surface area contributed by atoms with E-state index >= 15 is 0 Å². The van der Waals surface area contributed by atoms with Crippen molar-refractivity contribution < 1.29 is 54.9 Å². The maximum absolute atomic E-state index is 14.5. The Labute approximate surface area is 220 Å². The normalized spacial score (nSPS) is 16.2. The minimum atomic E-state index is -1.07. The summed E-state index contributed by atoms with van der Waals surface area (Å²) in [5, 5.41) is 14.4. The fourth-order valence-electron chi connectivity index (χ4n) is 3.85. The van der Waals surface area contributed by atoms with E-state index in [1.165, 1.54) is 18.2 Å². The van der Waals surface area contributed by atoms with Gasteiger partial charge in [0.2, 0.25) is 0 Å². The molecule has 0 spiro atoms. The van der Waals surface area contributed by atoms with Crippen LogP contribution in [0.1, 0.15) is 47.2 Å². The van der Waals surface area contributed by atoms with Crippen LogP contribution in [0.15, 0.2) is 36.4 Å². The number of rotatable bonds is 6. The number of anilines is 1. The SMILES string of the molecule is O=C(Nc1ccc(C(=O)N2CCN(Cc3cccc(C(=O)O)n3)CC2)cc1F)NC1CCC1.[H-].[Na+]. The molecule has 2 heterocycles. The van der Waals surface area contributed by atoms with E-state index in [0.717, 1.165) is 25.3 Å². The Morgan fingerprint density at radius 2 is 1.85 bits per heavy atom. The number of piperazine rings is 1. The van der Waals surface area contributed by atoms with Gasteiger partial charge < -0.3 is 22.1 Å². The van der Waals surface area contributed by atoms with Gasteiger partial charge in [-0.25, -0.2) is 19.0 Å². The van der Waals surface area contributed by atoms with Crippen LogP contribution in [0.25, 0.3) is 0 Å². The molecule has 1 aromatic carbocycles. The Bertz CT molecular complexity index is 1060. The van der Waals surface area contributed by atoms with Crippen LogP contribution in [0.5, 0.6) is 0 Å². The van der Waals surface area contributed by atoms with Gasteiger partial charge in [0.15, 0.2) is 0 Å². The third-order valence-corrected chi connectivity index (χ3v) is 5.98. The largest absolute Gasteiger partial charge is 1.00 e. The second-order valence-electron chi connectivity index (χ2n) is 8.31. The first-order valence-electron chi connectivity index (χ1n) is 11.0. The zero-order valence-electron chi connectivity index (χ0n) is 20.1. The molecule has 4 rings (SSSR count). The number of aromatic nitrogens is 1. The van der Waals surface area contributed by atoms with E-state index in [4.69, 9.17) is 5.11 Å². The molecule has 2 aromatic rings. The van der Waals surface area contributed by atoms with Crippen molar-refractivity contribution in [1.82, 2.24) is 20.1 Å². The van der Waals surface area contributed by atoms with Crippen molar-refractivity contribution >= 4 is 23.6 Å². The van der Waals surface area contributed by atoms with E-state index in [0.29, 0.717) is 38.4 Å². The molecular weight excluding hydrogens is 452 g/mol. The molecule has 34 heavy (non-hydrogen) atoms. The summed E-state index contributed by atoms with van der Waals surface area (Å²) in [7, 11) is 0. The fourth-order valence-corrected chi connectivity index (χ4v) is 3.85. The molecule has 3 amide bonds. The van der Waals surface area contributed by atoms with Gasteiger partial charge in [-0.05, 0) is 49.6 Å². The van der Waals surface area contributed by atoms with E-state index in [2.05, 4.69) is 20.5 Å². The Kier molecular flexibility index (Phi) is 9.01. The number of pyridine rings is 1. The molecule has 0 atom stereocenters. The van der Waals surface area contributed by atoms with E-state index in [-0.39, 0.29) is 59.9 Å². The Balaban J connectivity index is 0.00000216. The maximum Gasteiger partial charge on any atom is 1.00 e. The first-order valence-corrected chi connectivity index (χ1v) is 11.0. The number of nitrogens with one attached hydrogen (secondary N) is 2. The second kappa shape index (κ2) is 11.7. The number of hydrogen-bond donors (Lipinski definition) is 3. The van der Waals surface area contributed by atoms with Crippen LogP contribution in [0.3, 0.4) is 0 Å². The van der Waals surface area contributed by atoms with Gasteiger partial charge in [0.25, 0.3) is 5.91 Å². The van der Waals surface area contributed by atoms with Crippen molar-refractivity contribution in [2.24, 2.45) is 0 Å². The summed E-state index contributed by atoms with van der Waals surface area (Å²) in [6.45, 7) is 2.59. The van der Waals surface area contributed by atoms with Crippen LogP contribution in [-0.4, -0.2) is 70.0 Å². The van der Waals surface area contributed by atoms with Crippen LogP contribution >= 0.6 is 0 Å². The molecule has 2 aliphatic rings. The molecule has 0 bridgehead atoms. The van der Waals surface area contributed by atoms with Gasteiger partial charge in [0.1, 0.15) is 11.5 Å². The summed E-state index contributed by atoms with van der Waals surface area (Å²) in [6, 6.07) is 8.64. The average Bonchev–Trinajstić information content (AvgIpc) is 2.78. The molecule has 1 aromatic heterocycles. The monoisotopic (exact) mass is 479 g/mol. The minimum absolute atomic E-state index is 0. The Morgan fingerprint density at radius 1 is 1.12 bits per heavy atom.